The fraction of sp³-hybridized carbons (Fsp3) is 0.231. The van der Waals surface area contributed by atoms with Gasteiger partial charge in [0, 0.05) is 6.42 Å². The maximum absolute atomic E-state index is 7.34. The normalized spacial score (nSPS) is 15.2. The van der Waals surface area contributed by atoms with Crippen molar-refractivity contribution in [3.8, 4) is 0 Å². The summed E-state index contributed by atoms with van der Waals surface area (Å²) in [5, 5.41) is 7.87. The van der Waals surface area contributed by atoms with Gasteiger partial charge in [-0.3, -0.25) is 0 Å². The molecule has 0 unspecified atom stereocenters. The highest BCUT2D eigenvalue weighted by Crippen LogP contribution is 2.33. The smallest absolute Gasteiger partial charge is 0.159 e. The minimum absolute atomic E-state index is 0.702. The van der Waals surface area contributed by atoms with E-state index in [-0.39, 0.29) is 0 Å². The highest BCUT2D eigenvalue weighted by atomic mass is 32.1. The van der Waals surface area contributed by atoms with Crippen LogP contribution in [0.15, 0.2) is 27.4 Å². The second-order valence-corrected chi connectivity index (χ2v) is 6.00. The second-order valence-electron chi connectivity index (χ2n) is 4.64. The number of nitrogens with zero attached hydrogens (tertiary/aromatic N) is 3. The Bertz CT molecular complexity index is 755. The Kier molecular flexibility index (Phi) is 2.99. The lowest BCUT2D eigenvalue weighted by molar-refractivity contribution is 1.03. The van der Waals surface area contributed by atoms with E-state index in [4.69, 9.17) is 5.53 Å². The summed E-state index contributed by atoms with van der Waals surface area (Å²) in [4.78, 5) is 0.931. The summed E-state index contributed by atoms with van der Waals surface area (Å²) in [7, 11) is 0. The Morgan fingerprint density at radius 2 is 2.21 bits per heavy atom. The van der Waals surface area contributed by atoms with Crippen molar-refractivity contribution < 1.29 is 0 Å². The molecule has 1 aromatic heterocycles. The van der Waals surface area contributed by atoms with Crippen molar-refractivity contribution in [1.29, 1.82) is 5.53 Å². The van der Waals surface area contributed by atoms with Gasteiger partial charge in [-0.05, 0) is 72.4 Å². The Hall–Kier alpha value is -1.53. The van der Waals surface area contributed by atoms with Gasteiger partial charge in [0.25, 0.3) is 0 Å². The molecule has 1 aromatic carbocycles. The van der Waals surface area contributed by atoms with Crippen molar-refractivity contribution in [2.75, 3.05) is 0 Å². The summed E-state index contributed by atoms with van der Waals surface area (Å²) in [5.74, 6) is 0. The largest absolute Gasteiger partial charge is 0.204 e. The van der Waals surface area contributed by atoms with Crippen LogP contribution in [0.25, 0.3) is 16.3 Å². The van der Waals surface area contributed by atoms with Crippen molar-refractivity contribution in [2.45, 2.75) is 20.3 Å². The topological polar surface area (TPSA) is 62.0 Å². The van der Waals surface area contributed by atoms with Crippen LogP contribution in [0, 0.1) is 12.5 Å². The van der Waals surface area contributed by atoms with E-state index in [0.717, 1.165) is 38.2 Å². The zero-order chi connectivity index (χ0) is 13.6. The number of fused-ring (bicyclic) bond motifs is 4. The summed E-state index contributed by atoms with van der Waals surface area (Å²) in [6.45, 7) is 4.04. The first kappa shape index (κ1) is 12.5. The number of aromatic nitrogens is 2. The number of rotatable bonds is 1. The Morgan fingerprint density at radius 3 is 2.95 bits per heavy atom. The summed E-state index contributed by atoms with van der Waals surface area (Å²) in [6, 6.07) is 2.18. The predicted molar refractivity (Wildman–Crippen MR) is 81.8 cm³/mol. The summed E-state index contributed by atoms with van der Waals surface area (Å²) < 4.78 is 5.16. The maximum Gasteiger partial charge on any atom is 0.159 e. The molecule has 0 spiro atoms. The van der Waals surface area contributed by atoms with E-state index >= 15 is 0 Å². The molecule has 0 saturated heterocycles. The van der Waals surface area contributed by atoms with Gasteiger partial charge in [0.15, 0.2) is 4.91 Å². The minimum Gasteiger partial charge on any atom is -0.204 e. The number of benzene rings is 1. The lowest BCUT2D eigenvalue weighted by atomic mass is 9.96. The van der Waals surface area contributed by atoms with Crippen molar-refractivity contribution in [1.82, 2.24) is 9.59 Å². The predicted octanol–water partition coefficient (Wildman–Crippen LogP) is 3.21. The molecule has 0 amide bonds. The Morgan fingerprint density at radius 1 is 1.42 bits per heavy atom. The van der Waals surface area contributed by atoms with Crippen molar-refractivity contribution in [3.05, 3.63) is 38.9 Å². The van der Waals surface area contributed by atoms with E-state index in [1.54, 1.807) is 0 Å². The number of allylic oxidation sites excluding steroid dienone is 2. The van der Waals surface area contributed by atoms with Gasteiger partial charge in [0.05, 0.1) is 4.70 Å². The average molecular weight is 289 g/mol. The molecule has 0 atom stereocenters. The first-order valence-electron chi connectivity index (χ1n) is 5.87. The lowest BCUT2D eigenvalue weighted by Gasteiger charge is -2.12. The molecule has 4 nitrogen and oxygen atoms in total. The molecule has 2 aromatic rings. The highest BCUT2D eigenvalue weighted by Gasteiger charge is 2.19. The zero-order valence-corrected chi connectivity index (χ0v) is 12.4. The molecule has 1 aliphatic rings. The summed E-state index contributed by atoms with van der Waals surface area (Å²) >= 11 is 5.02. The fourth-order valence-corrected chi connectivity index (χ4v) is 3.55. The molecule has 1 N–H and O–H groups in total. The number of hydrogen-bond acceptors (Lipinski definition) is 5. The van der Waals surface area contributed by atoms with Gasteiger partial charge < -0.3 is 0 Å². The monoisotopic (exact) mass is 289 g/mol. The molecule has 3 rings (SSSR count). The van der Waals surface area contributed by atoms with Crippen LogP contribution in [0.5, 0.6) is 0 Å². The maximum atomic E-state index is 7.34. The van der Waals surface area contributed by atoms with Gasteiger partial charge in [-0.2, -0.15) is 5.11 Å². The van der Waals surface area contributed by atoms with E-state index in [1.165, 1.54) is 17.1 Å². The molecule has 0 saturated carbocycles. The van der Waals surface area contributed by atoms with Gasteiger partial charge >= 0.3 is 0 Å². The molecule has 6 heteroatoms. The van der Waals surface area contributed by atoms with Crippen LogP contribution in [0.2, 0.25) is 0 Å². The van der Waals surface area contributed by atoms with Crippen molar-refractivity contribution in [3.63, 3.8) is 0 Å². The average Bonchev–Trinajstić information content (AvgIpc) is 2.83. The van der Waals surface area contributed by atoms with Crippen LogP contribution in [0.3, 0.4) is 0 Å². The van der Waals surface area contributed by atoms with Gasteiger partial charge in [-0.15, -0.1) is 5.10 Å². The molecule has 0 fully saturated rings. The summed E-state index contributed by atoms with van der Waals surface area (Å²) in [6.07, 6.45) is 2.78. The third-order valence-corrected chi connectivity index (χ3v) is 4.62. The van der Waals surface area contributed by atoms with Crippen LogP contribution < -0.4 is 0 Å². The molecule has 19 heavy (non-hydrogen) atoms. The standard InChI is InChI=1S/C13H12N4S2/c1-6-3-9-4-8(5-10(18)11(6)15-14)7(2)12-13(9)19-17-16-12/h3-4,14,18H,5H2,1-2H3/p+1. The second kappa shape index (κ2) is 4.54. The van der Waals surface area contributed by atoms with Crippen molar-refractivity contribution >= 4 is 40.5 Å². The lowest BCUT2D eigenvalue weighted by Crippen LogP contribution is -2.00. The van der Waals surface area contributed by atoms with Crippen LogP contribution >= 0.6 is 11.5 Å². The number of aryl methyl sites for hydroxylation is 1. The molecule has 1 heterocycles. The van der Waals surface area contributed by atoms with Gasteiger partial charge in [-0.25, -0.2) is 5.53 Å². The van der Waals surface area contributed by atoms with Crippen LogP contribution in [0.4, 0.5) is 0 Å². The number of hydrogen-bond donors (Lipinski definition) is 1. The highest BCUT2D eigenvalue weighted by molar-refractivity contribution is 7.63. The first-order chi connectivity index (χ1) is 9.11. The molecular formula is C13H13N4S2+. The van der Waals surface area contributed by atoms with E-state index in [2.05, 4.69) is 46.4 Å². The number of nitrogens with one attached hydrogen (secondary N) is 1. The third-order valence-electron chi connectivity index (χ3n) is 3.43. The van der Waals surface area contributed by atoms with Gasteiger partial charge in [-0.1, -0.05) is 4.49 Å². The molecule has 2 bridgehead atoms. The zero-order valence-electron chi connectivity index (χ0n) is 10.6. The van der Waals surface area contributed by atoms with Gasteiger partial charge in [0.2, 0.25) is 0 Å². The van der Waals surface area contributed by atoms with E-state index in [0.29, 0.717) is 5.70 Å². The molecular weight excluding hydrogens is 276 g/mol. The van der Waals surface area contributed by atoms with Crippen LogP contribution in [-0.4, -0.2) is 9.59 Å². The third kappa shape index (κ3) is 1.91. The Balaban J connectivity index is 2.38. The summed E-state index contributed by atoms with van der Waals surface area (Å²) in [5.41, 5.74) is 13.5. The molecule has 0 aliphatic heterocycles. The van der Waals surface area contributed by atoms with E-state index in [9.17, 15) is 0 Å². The van der Waals surface area contributed by atoms with Crippen LogP contribution in [0.1, 0.15) is 23.6 Å². The van der Waals surface area contributed by atoms with Crippen molar-refractivity contribution in [2.24, 2.45) is 5.11 Å². The minimum atomic E-state index is 0.702. The van der Waals surface area contributed by atoms with Gasteiger partial charge in [0.1, 0.15) is 11.2 Å². The molecule has 96 valence electrons. The quantitative estimate of drug-likeness (QED) is 0.647. The SMILES string of the molecule is CC1=Cc2cc(c(C)c3nnsc23)CC([SH2+])=C1N=N. The fourth-order valence-electron chi connectivity index (χ4n) is 2.40. The molecule has 0 radical (unpaired) electrons. The van der Waals surface area contributed by atoms with E-state index in [1.807, 2.05) is 6.92 Å². The van der Waals surface area contributed by atoms with Crippen LogP contribution in [-0.2, 0) is 19.0 Å². The Labute approximate surface area is 120 Å². The molecule has 1 aliphatic carbocycles. The first-order valence-corrected chi connectivity index (χ1v) is 7.14. The van der Waals surface area contributed by atoms with E-state index < -0.39 is 0 Å².